The zero-order valence-electron chi connectivity index (χ0n) is 9.59. The predicted octanol–water partition coefficient (Wildman–Crippen LogP) is 4.31. The highest BCUT2D eigenvalue weighted by atomic mass is 79.9. The smallest absolute Gasteiger partial charge is 0.0539 e. The molecule has 0 aliphatic carbocycles. The third kappa shape index (κ3) is 2.82. The van der Waals surface area contributed by atoms with Crippen LogP contribution in [0.15, 0.2) is 29.0 Å². The highest BCUT2D eigenvalue weighted by Crippen LogP contribution is 2.31. The Labute approximate surface area is 114 Å². The summed E-state index contributed by atoms with van der Waals surface area (Å²) < 4.78 is 1.01. The van der Waals surface area contributed by atoms with E-state index in [2.05, 4.69) is 38.4 Å². The second kappa shape index (κ2) is 5.10. The molecule has 1 atom stereocenters. The average molecular weight is 315 g/mol. The number of anilines is 1. The minimum absolute atomic E-state index is 0.170. The number of benzene rings is 1. The normalized spacial score (nSPS) is 12.5. The lowest BCUT2D eigenvalue weighted by Crippen LogP contribution is -2.06. The number of rotatable bonds is 3. The number of H-pyrrole nitrogens is 1. The Balaban J connectivity index is 2.22. The molecular formula is C12H13BrClN3. The van der Waals surface area contributed by atoms with Crippen LogP contribution in [0.4, 0.5) is 5.69 Å². The minimum atomic E-state index is 0.170. The summed E-state index contributed by atoms with van der Waals surface area (Å²) in [6.45, 7) is 4.06. The number of hydrogen-bond donors (Lipinski definition) is 2. The van der Waals surface area contributed by atoms with E-state index in [0.717, 1.165) is 26.3 Å². The number of aromatic nitrogens is 2. The molecule has 0 saturated carbocycles. The van der Waals surface area contributed by atoms with Crippen LogP contribution in [0, 0.1) is 6.92 Å². The van der Waals surface area contributed by atoms with Crippen molar-refractivity contribution in [2.45, 2.75) is 19.9 Å². The first-order chi connectivity index (χ1) is 8.08. The largest absolute Gasteiger partial charge is 0.377 e. The van der Waals surface area contributed by atoms with Gasteiger partial charge in [-0.2, -0.15) is 5.10 Å². The van der Waals surface area contributed by atoms with Gasteiger partial charge in [0, 0.05) is 21.3 Å². The van der Waals surface area contributed by atoms with Gasteiger partial charge < -0.3 is 5.32 Å². The fraction of sp³-hybridized carbons (Fsp3) is 0.250. The predicted molar refractivity (Wildman–Crippen MR) is 74.5 cm³/mol. The molecule has 3 nitrogen and oxygen atoms in total. The summed E-state index contributed by atoms with van der Waals surface area (Å²) in [7, 11) is 0. The number of hydrogen-bond acceptors (Lipinski definition) is 2. The van der Waals surface area contributed by atoms with E-state index >= 15 is 0 Å². The van der Waals surface area contributed by atoms with Crippen LogP contribution in [0.5, 0.6) is 0 Å². The van der Waals surface area contributed by atoms with Crippen molar-refractivity contribution in [1.82, 2.24) is 10.2 Å². The lowest BCUT2D eigenvalue weighted by Gasteiger charge is -2.16. The van der Waals surface area contributed by atoms with Crippen molar-refractivity contribution in [3.8, 4) is 0 Å². The molecule has 2 rings (SSSR count). The van der Waals surface area contributed by atoms with Crippen LogP contribution in [0.3, 0.4) is 0 Å². The summed E-state index contributed by atoms with van der Waals surface area (Å²) in [6, 6.07) is 4.11. The van der Waals surface area contributed by atoms with E-state index in [0.29, 0.717) is 0 Å². The van der Waals surface area contributed by atoms with Crippen LogP contribution in [-0.4, -0.2) is 10.2 Å². The maximum Gasteiger partial charge on any atom is 0.0539 e. The van der Waals surface area contributed by atoms with E-state index in [1.807, 2.05) is 25.3 Å². The molecule has 2 N–H and O–H groups in total. The Morgan fingerprint density at radius 1 is 1.47 bits per heavy atom. The zero-order valence-corrected chi connectivity index (χ0v) is 11.9. The Morgan fingerprint density at radius 2 is 2.24 bits per heavy atom. The monoisotopic (exact) mass is 313 g/mol. The van der Waals surface area contributed by atoms with Gasteiger partial charge in [-0.25, -0.2) is 0 Å². The minimum Gasteiger partial charge on any atom is -0.377 e. The molecule has 1 aromatic carbocycles. The molecule has 0 bridgehead atoms. The maximum atomic E-state index is 6.11. The molecule has 0 radical (unpaired) electrons. The van der Waals surface area contributed by atoms with Crippen LogP contribution in [-0.2, 0) is 0 Å². The van der Waals surface area contributed by atoms with Crippen molar-refractivity contribution in [2.24, 2.45) is 0 Å². The number of nitrogens with one attached hydrogen (secondary N) is 2. The number of nitrogens with zero attached hydrogens (tertiary/aromatic N) is 1. The Hall–Kier alpha value is -1.000. The molecule has 17 heavy (non-hydrogen) atoms. The van der Waals surface area contributed by atoms with E-state index < -0.39 is 0 Å². The van der Waals surface area contributed by atoms with E-state index in [1.54, 1.807) is 6.20 Å². The van der Waals surface area contributed by atoms with Crippen molar-refractivity contribution in [3.05, 3.63) is 45.1 Å². The van der Waals surface area contributed by atoms with Gasteiger partial charge in [-0.05, 0) is 47.5 Å². The summed E-state index contributed by atoms with van der Waals surface area (Å²) in [5, 5.41) is 10.9. The summed E-state index contributed by atoms with van der Waals surface area (Å²) in [5.74, 6) is 0. The third-order valence-electron chi connectivity index (χ3n) is 2.64. The van der Waals surface area contributed by atoms with Crippen LogP contribution in [0.2, 0.25) is 5.02 Å². The molecule has 0 amide bonds. The van der Waals surface area contributed by atoms with Crippen LogP contribution in [0.25, 0.3) is 0 Å². The number of aromatic amines is 1. The molecule has 1 heterocycles. The fourth-order valence-corrected chi connectivity index (χ4v) is 2.31. The average Bonchev–Trinajstić information content (AvgIpc) is 2.79. The van der Waals surface area contributed by atoms with Crippen molar-refractivity contribution in [1.29, 1.82) is 0 Å². The molecule has 0 saturated heterocycles. The zero-order chi connectivity index (χ0) is 12.4. The topological polar surface area (TPSA) is 40.7 Å². The van der Waals surface area contributed by atoms with Gasteiger partial charge in [0.05, 0.1) is 17.9 Å². The fourth-order valence-electron chi connectivity index (χ4n) is 1.57. The lowest BCUT2D eigenvalue weighted by molar-refractivity contribution is 0.884. The van der Waals surface area contributed by atoms with E-state index in [-0.39, 0.29) is 6.04 Å². The van der Waals surface area contributed by atoms with Gasteiger partial charge >= 0.3 is 0 Å². The first-order valence-corrected chi connectivity index (χ1v) is 6.46. The summed E-state index contributed by atoms with van der Waals surface area (Å²) in [5.41, 5.74) is 3.14. The number of aryl methyl sites for hydroxylation is 1. The third-order valence-corrected chi connectivity index (χ3v) is 3.70. The van der Waals surface area contributed by atoms with Crippen molar-refractivity contribution >= 4 is 33.2 Å². The number of halogens is 2. The van der Waals surface area contributed by atoms with Crippen LogP contribution < -0.4 is 5.32 Å². The van der Waals surface area contributed by atoms with Crippen molar-refractivity contribution in [3.63, 3.8) is 0 Å². The molecule has 0 spiro atoms. The molecule has 90 valence electrons. The summed E-state index contributed by atoms with van der Waals surface area (Å²) >= 11 is 9.64. The summed E-state index contributed by atoms with van der Waals surface area (Å²) in [4.78, 5) is 0. The first-order valence-electron chi connectivity index (χ1n) is 5.29. The molecule has 1 aromatic heterocycles. The van der Waals surface area contributed by atoms with Gasteiger partial charge in [0.15, 0.2) is 0 Å². The van der Waals surface area contributed by atoms with Crippen LogP contribution >= 0.6 is 27.5 Å². The van der Waals surface area contributed by atoms with Gasteiger partial charge in [0.1, 0.15) is 0 Å². The van der Waals surface area contributed by atoms with Crippen molar-refractivity contribution in [2.75, 3.05) is 5.32 Å². The maximum absolute atomic E-state index is 6.11. The molecule has 0 aliphatic heterocycles. The molecule has 0 aliphatic rings. The van der Waals surface area contributed by atoms with Crippen LogP contribution in [0.1, 0.15) is 24.1 Å². The van der Waals surface area contributed by atoms with E-state index in [9.17, 15) is 0 Å². The highest BCUT2D eigenvalue weighted by Gasteiger charge is 2.10. The first kappa shape index (κ1) is 12.5. The standard InChI is InChI=1S/C12H13BrClN3/c1-7-3-10(13)12(4-11(7)14)17-8(2)9-5-15-16-6-9/h3-6,8,17H,1-2H3,(H,15,16). The molecule has 2 aromatic rings. The second-order valence-corrected chi connectivity index (χ2v) is 5.24. The lowest BCUT2D eigenvalue weighted by atomic mass is 10.1. The van der Waals surface area contributed by atoms with Gasteiger partial charge in [0.2, 0.25) is 0 Å². The van der Waals surface area contributed by atoms with E-state index in [1.165, 1.54) is 0 Å². The quantitative estimate of drug-likeness (QED) is 0.886. The van der Waals surface area contributed by atoms with E-state index in [4.69, 9.17) is 11.6 Å². The Morgan fingerprint density at radius 3 is 2.88 bits per heavy atom. The SMILES string of the molecule is Cc1cc(Br)c(NC(C)c2cn[nH]c2)cc1Cl. The molecule has 5 heteroatoms. The molecule has 0 fully saturated rings. The second-order valence-electron chi connectivity index (χ2n) is 3.98. The van der Waals surface area contributed by atoms with Crippen molar-refractivity contribution < 1.29 is 0 Å². The van der Waals surface area contributed by atoms with Gasteiger partial charge in [0.25, 0.3) is 0 Å². The Kier molecular flexibility index (Phi) is 3.74. The van der Waals surface area contributed by atoms with Gasteiger partial charge in [-0.1, -0.05) is 11.6 Å². The summed E-state index contributed by atoms with van der Waals surface area (Å²) in [6.07, 6.45) is 3.68. The van der Waals surface area contributed by atoms with Gasteiger partial charge in [-0.3, -0.25) is 5.10 Å². The van der Waals surface area contributed by atoms with Gasteiger partial charge in [-0.15, -0.1) is 0 Å². The Bertz CT molecular complexity index is 511. The highest BCUT2D eigenvalue weighted by molar-refractivity contribution is 9.10. The molecule has 1 unspecified atom stereocenters. The molecular weight excluding hydrogens is 302 g/mol.